The van der Waals surface area contributed by atoms with Gasteiger partial charge in [-0.15, -0.1) is 0 Å². The average molecular weight is 340 g/mol. The van der Waals surface area contributed by atoms with Crippen LogP contribution in [0.5, 0.6) is 0 Å². The standard InChI is InChI=1S/C16H21FN2O3S/c1-2-6-18-7-8-19(15-10-13(17)3-4-14(15)18)16(20)12-5-9-23(21,22)11-12/h3-4,10,12H,2,5-9,11H2,1H3/t12-/m1/s1. The van der Waals surface area contributed by atoms with Crippen LogP contribution in [-0.2, 0) is 14.6 Å². The molecule has 1 saturated heterocycles. The Hall–Kier alpha value is -1.63. The van der Waals surface area contributed by atoms with Crippen molar-refractivity contribution in [3.8, 4) is 0 Å². The van der Waals surface area contributed by atoms with Gasteiger partial charge in [-0.05, 0) is 31.0 Å². The first-order chi connectivity index (χ1) is 10.9. The van der Waals surface area contributed by atoms with Crippen LogP contribution in [0.4, 0.5) is 15.8 Å². The van der Waals surface area contributed by atoms with Crippen LogP contribution in [0, 0.1) is 11.7 Å². The summed E-state index contributed by atoms with van der Waals surface area (Å²) in [5, 5.41) is 0. The highest BCUT2D eigenvalue weighted by molar-refractivity contribution is 7.91. The van der Waals surface area contributed by atoms with E-state index in [2.05, 4.69) is 11.8 Å². The summed E-state index contributed by atoms with van der Waals surface area (Å²) in [6, 6.07) is 4.47. The van der Waals surface area contributed by atoms with E-state index in [9.17, 15) is 17.6 Å². The molecule has 0 unspecified atom stereocenters. The van der Waals surface area contributed by atoms with Gasteiger partial charge in [-0.25, -0.2) is 12.8 Å². The molecule has 0 spiro atoms. The Bertz CT molecular complexity index is 720. The molecular formula is C16H21FN2O3S. The molecule has 0 aliphatic carbocycles. The predicted octanol–water partition coefficient (Wildman–Crippen LogP) is 1.82. The first-order valence-electron chi connectivity index (χ1n) is 7.97. The number of sulfone groups is 1. The lowest BCUT2D eigenvalue weighted by Crippen LogP contribution is -2.46. The minimum atomic E-state index is -3.12. The molecule has 23 heavy (non-hydrogen) atoms. The number of carbonyl (C=O) groups is 1. The topological polar surface area (TPSA) is 57.7 Å². The number of halogens is 1. The minimum absolute atomic E-state index is 0.0647. The molecule has 1 aromatic rings. The van der Waals surface area contributed by atoms with Crippen LogP contribution in [0.3, 0.4) is 0 Å². The van der Waals surface area contributed by atoms with Gasteiger partial charge < -0.3 is 9.80 Å². The maximum atomic E-state index is 13.7. The third-order valence-electron chi connectivity index (χ3n) is 4.50. The zero-order chi connectivity index (χ0) is 16.6. The summed E-state index contributed by atoms with van der Waals surface area (Å²) in [5.41, 5.74) is 1.40. The number of fused-ring (bicyclic) bond motifs is 1. The van der Waals surface area contributed by atoms with Crippen molar-refractivity contribution < 1.29 is 17.6 Å². The highest BCUT2D eigenvalue weighted by Gasteiger charge is 2.37. The molecule has 1 fully saturated rings. The second kappa shape index (κ2) is 6.11. The van der Waals surface area contributed by atoms with Crippen LogP contribution in [0.25, 0.3) is 0 Å². The Morgan fingerprint density at radius 3 is 2.74 bits per heavy atom. The second-order valence-electron chi connectivity index (χ2n) is 6.21. The first kappa shape index (κ1) is 16.2. The van der Waals surface area contributed by atoms with Gasteiger partial charge in [0.2, 0.25) is 5.91 Å². The van der Waals surface area contributed by atoms with Crippen molar-refractivity contribution in [2.75, 3.05) is 40.9 Å². The summed E-state index contributed by atoms with van der Waals surface area (Å²) in [7, 11) is -3.12. The van der Waals surface area contributed by atoms with E-state index in [1.54, 1.807) is 11.0 Å². The van der Waals surface area contributed by atoms with E-state index in [-0.39, 0.29) is 23.2 Å². The van der Waals surface area contributed by atoms with Gasteiger partial charge in [0.1, 0.15) is 5.82 Å². The van der Waals surface area contributed by atoms with E-state index in [0.717, 1.165) is 18.7 Å². The zero-order valence-electron chi connectivity index (χ0n) is 13.2. The fourth-order valence-corrected chi connectivity index (χ4v) is 5.12. The van der Waals surface area contributed by atoms with E-state index in [1.807, 2.05) is 0 Å². The summed E-state index contributed by atoms with van der Waals surface area (Å²) in [6.45, 7) is 4.06. The zero-order valence-corrected chi connectivity index (χ0v) is 14.0. The number of carbonyl (C=O) groups excluding carboxylic acids is 1. The van der Waals surface area contributed by atoms with Gasteiger partial charge in [0.05, 0.1) is 28.8 Å². The lowest BCUT2D eigenvalue weighted by molar-refractivity contribution is -0.121. The van der Waals surface area contributed by atoms with Gasteiger partial charge in [0, 0.05) is 19.6 Å². The van der Waals surface area contributed by atoms with E-state index >= 15 is 0 Å². The van der Waals surface area contributed by atoms with Gasteiger partial charge in [0.15, 0.2) is 9.84 Å². The normalized spacial score (nSPS) is 23.0. The summed E-state index contributed by atoms with van der Waals surface area (Å²) in [5.74, 6) is -1.12. The van der Waals surface area contributed by atoms with Crippen molar-refractivity contribution in [3.63, 3.8) is 0 Å². The van der Waals surface area contributed by atoms with Crippen molar-refractivity contribution in [2.24, 2.45) is 5.92 Å². The maximum absolute atomic E-state index is 13.7. The van der Waals surface area contributed by atoms with Gasteiger partial charge in [-0.3, -0.25) is 4.79 Å². The highest BCUT2D eigenvalue weighted by atomic mass is 32.2. The molecule has 2 aliphatic rings. The molecular weight excluding hydrogens is 319 g/mol. The van der Waals surface area contributed by atoms with Gasteiger partial charge in [-0.1, -0.05) is 6.92 Å². The van der Waals surface area contributed by atoms with Crippen molar-refractivity contribution in [1.82, 2.24) is 0 Å². The summed E-state index contributed by atoms with van der Waals surface area (Å²) >= 11 is 0. The van der Waals surface area contributed by atoms with Crippen molar-refractivity contribution in [1.29, 1.82) is 0 Å². The predicted molar refractivity (Wildman–Crippen MR) is 88.0 cm³/mol. The Morgan fingerprint density at radius 2 is 2.09 bits per heavy atom. The smallest absolute Gasteiger partial charge is 0.231 e. The fourth-order valence-electron chi connectivity index (χ4n) is 3.38. The highest BCUT2D eigenvalue weighted by Crippen LogP contribution is 2.35. The second-order valence-corrected chi connectivity index (χ2v) is 8.44. The van der Waals surface area contributed by atoms with Crippen LogP contribution in [0.15, 0.2) is 18.2 Å². The first-order valence-corrected chi connectivity index (χ1v) is 9.79. The monoisotopic (exact) mass is 340 g/mol. The van der Waals surface area contributed by atoms with Crippen LogP contribution in [0.2, 0.25) is 0 Å². The van der Waals surface area contributed by atoms with Gasteiger partial charge in [0.25, 0.3) is 0 Å². The molecule has 3 rings (SSSR count). The molecule has 0 saturated carbocycles. The molecule has 0 N–H and O–H groups in total. The molecule has 1 aromatic carbocycles. The van der Waals surface area contributed by atoms with Crippen LogP contribution >= 0.6 is 0 Å². The number of hydrogen-bond donors (Lipinski definition) is 0. The van der Waals surface area contributed by atoms with Crippen molar-refractivity contribution >= 4 is 27.1 Å². The number of amides is 1. The number of rotatable bonds is 3. The van der Waals surface area contributed by atoms with Gasteiger partial charge >= 0.3 is 0 Å². The maximum Gasteiger partial charge on any atom is 0.231 e. The lowest BCUT2D eigenvalue weighted by Gasteiger charge is -2.38. The van der Waals surface area contributed by atoms with Crippen molar-refractivity contribution in [3.05, 3.63) is 24.0 Å². The van der Waals surface area contributed by atoms with E-state index in [1.165, 1.54) is 12.1 Å². The molecule has 1 atom stereocenters. The summed E-state index contributed by atoms with van der Waals surface area (Å²) in [6.07, 6.45) is 1.33. The third-order valence-corrected chi connectivity index (χ3v) is 6.27. The SMILES string of the molecule is CCCN1CCN(C(=O)[C@@H]2CCS(=O)(=O)C2)c2cc(F)ccc21. The third kappa shape index (κ3) is 3.20. The van der Waals surface area contributed by atoms with Crippen LogP contribution in [0.1, 0.15) is 19.8 Å². The van der Waals surface area contributed by atoms with Gasteiger partial charge in [-0.2, -0.15) is 0 Å². The molecule has 2 heterocycles. The minimum Gasteiger partial charge on any atom is -0.368 e. The number of anilines is 2. The summed E-state index contributed by atoms with van der Waals surface area (Å²) < 4.78 is 36.9. The van der Waals surface area contributed by atoms with E-state index < -0.39 is 15.8 Å². The molecule has 5 nitrogen and oxygen atoms in total. The fraction of sp³-hybridized carbons (Fsp3) is 0.562. The Labute approximate surface area is 136 Å². The molecule has 126 valence electrons. The van der Waals surface area contributed by atoms with Crippen LogP contribution in [-0.4, -0.2) is 45.5 Å². The Morgan fingerprint density at radius 1 is 1.30 bits per heavy atom. The number of nitrogens with zero attached hydrogens (tertiary/aromatic N) is 2. The summed E-state index contributed by atoms with van der Waals surface area (Å²) in [4.78, 5) is 16.5. The molecule has 0 aromatic heterocycles. The lowest BCUT2D eigenvalue weighted by atomic mass is 10.0. The quantitative estimate of drug-likeness (QED) is 0.842. The molecule has 2 aliphatic heterocycles. The largest absolute Gasteiger partial charge is 0.368 e. The Balaban J connectivity index is 1.90. The average Bonchev–Trinajstić information content (AvgIpc) is 2.87. The van der Waals surface area contributed by atoms with E-state index in [4.69, 9.17) is 0 Å². The Kier molecular flexibility index (Phi) is 4.31. The number of benzene rings is 1. The van der Waals surface area contributed by atoms with Crippen LogP contribution < -0.4 is 9.80 Å². The van der Waals surface area contributed by atoms with E-state index in [0.29, 0.717) is 25.2 Å². The molecule has 0 bridgehead atoms. The number of hydrogen-bond acceptors (Lipinski definition) is 4. The molecule has 7 heteroatoms. The molecule has 1 amide bonds. The van der Waals surface area contributed by atoms with Crippen molar-refractivity contribution in [2.45, 2.75) is 19.8 Å². The molecule has 0 radical (unpaired) electrons.